The molecule has 0 aromatic carbocycles. The first-order valence-electron chi connectivity index (χ1n) is 25.4. The molecule has 0 fully saturated rings. The number of unbranched alkanes of at least 4 members (excludes halogenated alkanes) is 22. The maximum absolute atomic E-state index is 12.7. The van der Waals surface area contributed by atoms with Crippen molar-refractivity contribution >= 4 is 17.9 Å². The fourth-order valence-corrected chi connectivity index (χ4v) is 6.80. The van der Waals surface area contributed by atoms with E-state index >= 15 is 0 Å². The second-order valence-electron chi connectivity index (χ2n) is 16.7. The highest BCUT2D eigenvalue weighted by molar-refractivity contribution is 5.71. The van der Waals surface area contributed by atoms with Crippen LogP contribution >= 0.6 is 0 Å². The first-order valence-corrected chi connectivity index (χ1v) is 25.4. The molecule has 6 heteroatoms. The largest absolute Gasteiger partial charge is 0.462 e. The zero-order chi connectivity index (χ0) is 44.4. The summed E-state index contributed by atoms with van der Waals surface area (Å²) in [5.74, 6) is -1.06. The topological polar surface area (TPSA) is 78.9 Å². The summed E-state index contributed by atoms with van der Waals surface area (Å²) >= 11 is 0. The van der Waals surface area contributed by atoms with Crippen molar-refractivity contribution in [2.24, 2.45) is 0 Å². The minimum Gasteiger partial charge on any atom is -0.462 e. The van der Waals surface area contributed by atoms with Crippen LogP contribution in [0.2, 0.25) is 0 Å². The third-order valence-electron chi connectivity index (χ3n) is 10.7. The van der Waals surface area contributed by atoms with E-state index in [0.717, 1.165) is 64.2 Å². The number of rotatable bonds is 45. The Labute approximate surface area is 376 Å². The van der Waals surface area contributed by atoms with Gasteiger partial charge < -0.3 is 14.2 Å². The van der Waals surface area contributed by atoms with Gasteiger partial charge in [0.25, 0.3) is 0 Å². The van der Waals surface area contributed by atoms with E-state index < -0.39 is 12.1 Å². The first-order chi connectivity index (χ1) is 30.0. The fraction of sp³-hybridized carbons (Fsp3) is 0.727. The molecule has 0 amide bonds. The van der Waals surface area contributed by atoms with Gasteiger partial charge in [0.15, 0.2) is 6.10 Å². The highest BCUT2D eigenvalue weighted by Crippen LogP contribution is 2.12. The molecule has 0 bridgehead atoms. The minimum absolute atomic E-state index is 0.122. The molecular weight excluding hydrogens is 757 g/mol. The number of hydrogen-bond donors (Lipinski definition) is 0. The van der Waals surface area contributed by atoms with E-state index in [4.69, 9.17) is 14.2 Å². The number of allylic oxidation sites excluding steroid dienone is 12. The average Bonchev–Trinajstić information content (AvgIpc) is 3.26. The molecule has 0 aliphatic carbocycles. The van der Waals surface area contributed by atoms with Crippen molar-refractivity contribution in [3.63, 3.8) is 0 Å². The van der Waals surface area contributed by atoms with E-state index in [2.05, 4.69) is 87.6 Å². The smallest absolute Gasteiger partial charge is 0.306 e. The van der Waals surface area contributed by atoms with Gasteiger partial charge in [0.05, 0.1) is 0 Å². The quantitative estimate of drug-likeness (QED) is 0.0263. The van der Waals surface area contributed by atoms with Crippen LogP contribution in [-0.4, -0.2) is 37.2 Å². The molecule has 0 spiro atoms. The van der Waals surface area contributed by atoms with Gasteiger partial charge in [-0.05, 0) is 96.3 Å². The summed E-state index contributed by atoms with van der Waals surface area (Å²) in [5, 5.41) is 0. The zero-order valence-electron chi connectivity index (χ0n) is 39.9. The summed E-state index contributed by atoms with van der Waals surface area (Å²) in [6.45, 7) is 6.50. The average molecular weight is 851 g/mol. The Morgan fingerprint density at radius 1 is 0.328 bits per heavy atom. The molecule has 1 atom stereocenters. The second-order valence-corrected chi connectivity index (χ2v) is 16.7. The molecule has 0 aliphatic heterocycles. The first kappa shape index (κ1) is 57.9. The molecule has 350 valence electrons. The molecule has 0 aromatic rings. The van der Waals surface area contributed by atoms with Gasteiger partial charge in [0.2, 0.25) is 0 Å². The fourth-order valence-electron chi connectivity index (χ4n) is 6.80. The lowest BCUT2D eigenvalue weighted by Crippen LogP contribution is -2.30. The Kier molecular flexibility index (Phi) is 46.9. The van der Waals surface area contributed by atoms with Crippen molar-refractivity contribution in [1.29, 1.82) is 0 Å². The Balaban J connectivity index is 4.53. The summed E-state index contributed by atoms with van der Waals surface area (Å²) in [6, 6.07) is 0. The Morgan fingerprint density at radius 2 is 0.639 bits per heavy atom. The van der Waals surface area contributed by atoms with Gasteiger partial charge in [-0.25, -0.2) is 0 Å². The lowest BCUT2D eigenvalue weighted by Gasteiger charge is -2.18. The molecule has 0 saturated heterocycles. The minimum atomic E-state index is -0.830. The van der Waals surface area contributed by atoms with Gasteiger partial charge in [0, 0.05) is 19.3 Å². The maximum Gasteiger partial charge on any atom is 0.306 e. The van der Waals surface area contributed by atoms with Gasteiger partial charge in [-0.3, -0.25) is 14.4 Å². The summed E-state index contributed by atoms with van der Waals surface area (Å²) in [7, 11) is 0. The number of carbonyl (C=O) groups is 3. The normalized spacial score (nSPS) is 12.6. The standard InChI is InChI=1S/C55H94O6/c1-4-7-10-13-16-19-22-25-26-27-28-31-33-36-39-42-45-48-54(57)60-51-52(61-55(58)49-46-43-40-37-34-30-24-21-18-15-12-9-6-3)50-59-53(56)47-44-41-38-35-32-29-23-20-17-14-11-8-5-2/h25-26,28-32,34,36,39-40,43,52H,4-24,27,33,35,37-38,41-42,44-51H2,1-3H3/b26-25+,31-28+,32-29+,34-30+,39-36+,43-40+. The number of ether oxygens (including phenoxy) is 3. The van der Waals surface area contributed by atoms with Crippen LogP contribution in [-0.2, 0) is 28.6 Å². The number of esters is 3. The predicted octanol–water partition coefficient (Wildman–Crippen LogP) is 16.6. The Hall–Kier alpha value is -3.15. The van der Waals surface area contributed by atoms with Crippen molar-refractivity contribution in [2.75, 3.05) is 13.2 Å². The van der Waals surface area contributed by atoms with Crippen molar-refractivity contribution in [3.05, 3.63) is 72.9 Å². The van der Waals surface area contributed by atoms with Gasteiger partial charge in [-0.2, -0.15) is 0 Å². The lowest BCUT2D eigenvalue weighted by molar-refractivity contribution is -0.166. The highest BCUT2D eigenvalue weighted by Gasteiger charge is 2.19. The predicted molar refractivity (Wildman–Crippen MR) is 261 cm³/mol. The van der Waals surface area contributed by atoms with Gasteiger partial charge in [-0.15, -0.1) is 0 Å². The van der Waals surface area contributed by atoms with Gasteiger partial charge >= 0.3 is 17.9 Å². The molecule has 0 heterocycles. The van der Waals surface area contributed by atoms with Crippen molar-refractivity contribution in [1.82, 2.24) is 0 Å². The van der Waals surface area contributed by atoms with Crippen LogP contribution < -0.4 is 0 Å². The third-order valence-corrected chi connectivity index (χ3v) is 10.7. The number of hydrogen-bond acceptors (Lipinski definition) is 6. The lowest BCUT2D eigenvalue weighted by atomic mass is 10.1. The van der Waals surface area contributed by atoms with Gasteiger partial charge in [-0.1, -0.05) is 196 Å². The van der Waals surface area contributed by atoms with E-state index in [1.807, 2.05) is 6.08 Å². The maximum atomic E-state index is 12.7. The molecule has 0 rings (SSSR count). The molecule has 0 N–H and O–H groups in total. The summed E-state index contributed by atoms with van der Waals surface area (Å²) in [5.41, 5.74) is 0. The van der Waals surface area contributed by atoms with Crippen LogP contribution in [0.25, 0.3) is 0 Å². The SMILES string of the molecule is CCCCCCCC/C=C/C/C=C/C/C=C/CCCC(=O)OCC(COC(=O)CCCCC/C=C/CCCCCCCC)OC(=O)CC/C=C/C/C=C/CCCCCCCC. The highest BCUT2D eigenvalue weighted by atomic mass is 16.6. The van der Waals surface area contributed by atoms with E-state index in [9.17, 15) is 14.4 Å². The van der Waals surface area contributed by atoms with Crippen LogP contribution in [0.3, 0.4) is 0 Å². The monoisotopic (exact) mass is 851 g/mol. The van der Waals surface area contributed by atoms with Crippen LogP contribution in [0, 0.1) is 0 Å². The molecule has 0 aliphatic rings. The van der Waals surface area contributed by atoms with E-state index in [1.54, 1.807) is 0 Å². The summed E-state index contributed by atoms with van der Waals surface area (Å²) < 4.78 is 16.6. The van der Waals surface area contributed by atoms with Crippen LogP contribution in [0.15, 0.2) is 72.9 Å². The van der Waals surface area contributed by atoms with E-state index in [1.165, 1.54) is 122 Å². The Morgan fingerprint density at radius 3 is 1.07 bits per heavy atom. The van der Waals surface area contributed by atoms with E-state index in [-0.39, 0.29) is 38.0 Å². The summed E-state index contributed by atoms with van der Waals surface area (Å²) in [6.07, 6.45) is 61.9. The molecule has 61 heavy (non-hydrogen) atoms. The number of carbonyl (C=O) groups excluding carboxylic acids is 3. The molecular formula is C55H94O6. The summed E-state index contributed by atoms with van der Waals surface area (Å²) in [4.78, 5) is 37.8. The van der Waals surface area contributed by atoms with Crippen LogP contribution in [0.1, 0.15) is 239 Å². The molecule has 0 radical (unpaired) electrons. The second kappa shape index (κ2) is 49.5. The van der Waals surface area contributed by atoms with E-state index in [0.29, 0.717) is 19.3 Å². The van der Waals surface area contributed by atoms with Gasteiger partial charge in [0.1, 0.15) is 13.2 Å². The van der Waals surface area contributed by atoms with Crippen LogP contribution in [0.4, 0.5) is 0 Å². The van der Waals surface area contributed by atoms with Crippen molar-refractivity contribution < 1.29 is 28.6 Å². The van der Waals surface area contributed by atoms with Crippen molar-refractivity contribution in [2.45, 2.75) is 245 Å². The zero-order valence-corrected chi connectivity index (χ0v) is 39.9. The molecule has 0 saturated carbocycles. The molecule has 0 aromatic heterocycles. The van der Waals surface area contributed by atoms with Crippen molar-refractivity contribution in [3.8, 4) is 0 Å². The third kappa shape index (κ3) is 47.7. The Bertz CT molecular complexity index is 1160. The molecule has 6 nitrogen and oxygen atoms in total. The molecule has 1 unspecified atom stereocenters. The van der Waals surface area contributed by atoms with Crippen LogP contribution in [0.5, 0.6) is 0 Å².